The summed E-state index contributed by atoms with van der Waals surface area (Å²) in [7, 11) is 0. The lowest BCUT2D eigenvalue weighted by Crippen LogP contribution is -2.14. The molecule has 0 amide bonds. The van der Waals surface area contributed by atoms with Crippen LogP contribution in [0, 0.1) is 18.2 Å². The van der Waals surface area contributed by atoms with Gasteiger partial charge in [-0.3, -0.25) is 0 Å². The van der Waals surface area contributed by atoms with Crippen LogP contribution in [-0.2, 0) is 6.54 Å². The summed E-state index contributed by atoms with van der Waals surface area (Å²) in [6.45, 7) is 1.25. The van der Waals surface area contributed by atoms with Crippen molar-refractivity contribution in [3.63, 3.8) is 0 Å². The molecule has 1 aromatic rings. The fourth-order valence-corrected chi connectivity index (χ4v) is 1.26. The van der Waals surface area contributed by atoms with Crippen LogP contribution in [0.5, 0.6) is 0 Å². The molecule has 3 heteroatoms. The minimum absolute atomic E-state index is 0.181. The summed E-state index contributed by atoms with van der Waals surface area (Å²) in [6.07, 6.45) is 5.75. The normalized spacial score (nSPS) is 9.79. The molecule has 74 valence electrons. The first-order chi connectivity index (χ1) is 6.75. The lowest BCUT2D eigenvalue weighted by Gasteiger charge is -2.05. The van der Waals surface area contributed by atoms with Crippen LogP contribution in [0.15, 0.2) is 18.2 Å². The fraction of sp³-hybridized carbons (Fsp3) is 0.273. The van der Waals surface area contributed by atoms with Gasteiger partial charge in [0.25, 0.3) is 0 Å². The van der Waals surface area contributed by atoms with Crippen LogP contribution in [0.2, 0.25) is 5.02 Å². The molecule has 0 atom stereocenters. The molecule has 0 aromatic heterocycles. The average molecular weight is 212 g/mol. The van der Waals surface area contributed by atoms with E-state index in [9.17, 15) is 4.39 Å². The van der Waals surface area contributed by atoms with E-state index in [0.717, 1.165) is 5.56 Å². The quantitative estimate of drug-likeness (QED) is 0.596. The van der Waals surface area contributed by atoms with Crippen molar-refractivity contribution in [1.82, 2.24) is 5.32 Å². The molecule has 1 N–H and O–H groups in total. The van der Waals surface area contributed by atoms with Crippen LogP contribution in [0.1, 0.15) is 12.0 Å². The van der Waals surface area contributed by atoms with Gasteiger partial charge in [0.05, 0.1) is 5.02 Å². The second-order valence-corrected chi connectivity index (χ2v) is 3.22. The molecule has 0 saturated heterocycles. The Morgan fingerprint density at radius 2 is 2.29 bits per heavy atom. The molecule has 0 fully saturated rings. The second-order valence-electron chi connectivity index (χ2n) is 2.84. The Bertz CT molecular complexity index is 344. The van der Waals surface area contributed by atoms with Crippen LogP contribution in [0.25, 0.3) is 0 Å². The van der Waals surface area contributed by atoms with Gasteiger partial charge in [-0.2, -0.15) is 0 Å². The predicted octanol–water partition coefficient (Wildman–Crippen LogP) is 2.59. The van der Waals surface area contributed by atoms with E-state index in [-0.39, 0.29) is 10.8 Å². The van der Waals surface area contributed by atoms with Crippen LogP contribution in [0.4, 0.5) is 4.39 Å². The van der Waals surface area contributed by atoms with Gasteiger partial charge in [-0.1, -0.05) is 23.7 Å². The Labute approximate surface area is 88.3 Å². The molecule has 0 heterocycles. The van der Waals surface area contributed by atoms with Crippen molar-refractivity contribution in [3.05, 3.63) is 34.6 Å². The highest BCUT2D eigenvalue weighted by Gasteiger charge is 2.03. The van der Waals surface area contributed by atoms with Gasteiger partial charge in [0.2, 0.25) is 0 Å². The zero-order valence-electron chi connectivity index (χ0n) is 7.69. The molecule has 0 unspecified atom stereocenters. The molecule has 14 heavy (non-hydrogen) atoms. The molecule has 1 aromatic carbocycles. The Morgan fingerprint density at radius 3 is 3.00 bits per heavy atom. The van der Waals surface area contributed by atoms with E-state index in [0.29, 0.717) is 19.5 Å². The largest absolute Gasteiger partial charge is 0.312 e. The lowest BCUT2D eigenvalue weighted by molar-refractivity contribution is 0.621. The zero-order valence-corrected chi connectivity index (χ0v) is 8.44. The summed E-state index contributed by atoms with van der Waals surface area (Å²) in [5.74, 6) is 2.12. The zero-order chi connectivity index (χ0) is 10.4. The van der Waals surface area contributed by atoms with Crippen molar-refractivity contribution in [3.8, 4) is 12.3 Å². The highest BCUT2D eigenvalue weighted by molar-refractivity contribution is 6.31. The summed E-state index contributed by atoms with van der Waals surface area (Å²) in [4.78, 5) is 0. The fourth-order valence-electron chi connectivity index (χ4n) is 1.07. The molecule has 0 radical (unpaired) electrons. The smallest absolute Gasteiger partial charge is 0.142 e. The van der Waals surface area contributed by atoms with Gasteiger partial charge < -0.3 is 5.32 Å². The lowest BCUT2D eigenvalue weighted by atomic mass is 10.2. The van der Waals surface area contributed by atoms with E-state index in [4.69, 9.17) is 18.0 Å². The Balaban J connectivity index is 2.51. The number of terminal acetylenes is 1. The highest BCUT2D eigenvalue weighted by Crippen LogP contribution is 2.19. The third kappa shape index (κ3) is 3.02. The summed E-state index contributed by atoms with van der Waals surface area (Å²) in [6, 6.07) is 4.76. The Hall–Kier alpha value is -1.04. The van der Waals surface area contributed by atoms with Gasteiger partial charge in [0.15, 0.2) is 0 Å². The molecule has 1 nitrogen and oxygen atoms in total. The van der Waals surface area contributed by atoms with Gasteiger partial charge in [-0.05, 0) is 11.6 Å². The summed E-state index contributed by atoms with van der Waals surface area (Å²) < 4.78 is 13.0. The molecule has 0 spiro atoms. The SMILES string of the molecule is C#CCCNCc1cccc(F)c1Cl. The van der Waals surface area contributed by atoms with Gasteiger partial charge in [-0.25, -0.2) is 4.39 Å². The Kier molecular flexibility index (Phi) is 4.45. The number of halogens is 2. The molecule has 0 aliphatic heterocycles. The summed E-state index contributed by atoms with van der Waals surface area (Å²) in [5.41, 5.74) is 0.753. The first kappa shape index (κ1) is 11.0. The maximum atomic E-state index is 13.0. The number of benzene rings is 1. The molecule has 1 rings (SSSR count). The van der Waals surface area contributed by atoms with E-state index in [1.807, 2.05) is 0 Å². The number of hydrogen-bond donors (Lipinski definition) is 1. The highest BCUT2D eigenvalue weighted by atomic mass is 35.5. The third-order valence-corrected chi connectivity index (χ3v) is 2.22. The van der Waals surface area contributed by atoms with Crippen LogP contribution in [-0.4, -0.2) is 6.54 Å². The van der Waals surface area contributed by atoms with Crippen molar-refractivity contribution in [1.29, 1.82) is 0 Å². The molecular formula is C11H11ClFN. The van der Waals surface area contributed by atoms with E-state index in [1.54, 1.807) is 12.1 Å². The van der Waals surface area contributed by atoms with E-state index in [1.165, 1.54) is 6.07 Å². The second kappa shape index (κ2) is 5.64. The molecule has 0 aliphatic rings. The van der Waals surface area contributed by atoms with Crippen molar-refractivity contribution < 1.29 is 4.39 Å². The molecule has 0 aliphatic carbocycles. The topological polar surface area (TPSA) is 12.0 Å². The number of nitrogens with one attached hydrogen (secondary N) is 1. The molecule has 0 bridgehead atoms. The van der Waals surface area contributed by atoms with E-state index < -0.39 is 0 Å². The minimum Gasteiger partial charge on any atom is -0.312 e. The maximum Gasteiger partial charge on any atom is 0.142 e. The van der Waals surface area contributed by atoms with Crippen LogP contribution < -0.4 is 5.32 Å². The minimum atomic E-state index is -0.386. The van der Waals surface area contributed by atoms with Crippen LogP contribution >= 0.6 is 11.6 Å². The Morgan fingerprint density at radius 1 is 1.50 bits per heavy atom. The predicted molar refractivity (Wildman–Crippen MR) is 56.6 cm³/mol. The van der Waals surface area contributed by atoms with Crippen molar-refractivity contribution in [2.45, 2.75) is 13.0 Å². The van der Waals surface area contributed by atoms with Gasteiger partial charge in [0, 0.05) is 19.5 Å². The van der Waals surface area contributed by atoms with Crippen molar-refractivity contribution in [2.75, 3.05) is 6.54 Å². The van der Waals surface area contributed by atoms with Crippen LogP contribution in [0.3, 0.4) is 0 Å². The van der Waals surface area contributed by atoms with E-state index >= 15 is 0 Å². The average Bonchev–Trinajstić information content (AvgIpc) is 2.19. The van der Waals surface area contributed by atoms with E-state index in [2.05, 4.69) is 11.2 Å². The third-order valence-electron chi connectivity index (χ3n) is 1.79. The first-order valence-electron chi connectivity index (χ1n) is 4.32. The van der Waals surface area contributed by atoms with Gasteiger partial charge in [0.1, 0.15) is 5.82 Å². The monoisotopic (exact) mass is 211 g/mol. The number of rotatable bonds is 4. The summed E-state index contributed by atoms with van der Waals surface area (Å²) in [5, 5.41) is 3.26. The number of hydrogen-bond acceptors (Lipinski definition) is 1. The first-order valence-corrected chi connectivity index (χ1v) is 4.70. The molecular weight excluding hydrogens is 201 g/mol. The summed E-state index contributed by atoms with van der Waals surface area (Å²) >= 11 is 5.75. The van der Waals surface area contributed by atoms with Gasteiger partial charge >= 0.3 is 0 Å². The van der Waals surface area contributed by atoms with Crippen molar-refractivity contribution in [2.24, 2.45) is 0 Å². The van der Waals surface area contributed by atoms with Gasteiger partial charge in [-0.15, -0.1) is 12.3 Å². The standard InChI is InChI=1S/C11H11ClFN/c1-2-3-7-14-8-9-5-4-6-10(13)11(9)12/h1,4-6,14H,3,7-8H2. The maximum absolute atomic E-state index is 13.0. The molecule has 0 saturated carbocycles. The van der Waals surface area contributed by atoms with Crippen molar-refractivity contribution >= 4 is 11.6 Å².